The molecule has 3 heterocycles. The molecule has 1 N–H and O–H groups in total. The van der Waals surface area contributed by atoms with E-state index in [4.69, 9.17) is 0 Å². The number of carbonyl (C=O) groups is 2. The zero-order valence-corrected chi connectivity index (χ0v) is 21.4. The molecule has 0 saturated carbocycles. The highest BCUT2D eigenvalue weighted by molar-refractivity contribution is 5.95. The van der Waals surface area contributed by atoms with E-state index in [-0.39, 0.29) is 17.7 Å². The van der Waals surface area contributed by atoms with Gasteiger partial charge in [0.05, 0.1) is 0 Å². The summed E-state index contributed by atoms with van der Waals surface area (Å²) in [5.41, 5.74) is 6.21. The van der Waals surface area contributed by atoms with Crippen molar-refractivity contribution >= 4 is 11.8 Å². The van der Waals surface area contributed by atoms with Crippen LogP contribution in [0.25, 0.3) is 11.1 Å². The molecule has 0 unspecified atom stereocenters. The summed E-state index contributed by atoms with van der Waals surface area (Å²) in [4.78, 5) is 35.3. The number of nitrogens with zero attached hydrogens (tertiary/aromatic N) is 3. The van der Waals surface area contributed by atoms with Crippen LogP contribution in [0.15, 0.2) is 97.6 Å². The summed E-state index contributed by atoms with van der Waals surface area (Å²) in [5, 5.41) is 3.02. The molecule has 6 nitrogen and oxygen atoms in total. The minimum atomic E-state index is -0.0966. The fraction of sp³-hybridized carbons (Fsp3) is 0.250. The summed E-state index contributed by atoms with van der Waals surface area (Å²) < 4.78 is 0. The molecule has 1 saturated heterocycles. The lowest BCUT2D eigenvalue weighted by atomic mass is 9.85. The summed E-state index contributed by atoms with van der Waals surface area (Å²) in [6.45, 7) is 2.07. The van der Waals surface area contributed by atoms with E-state index >= 15 is 0 Å². The number of likely N-dealkylation sites (tertiary alicyclic amines) is 1. The molecule has 0 aliphatic carbocycles. The normalized spacial score (nSPS) is 13.2. The van der Waals surface area contributed by atoms with E-state index in [0.717, 1.165) is 48.1 Å². The number of aromatic nitrogens is 2. The lowest BCUT2D eigenvalue weighted by molar-refractivity contribution is -0.127. The van der Waals surface area contributed by atoms with Gasteiger partial charge in [-0.3, -0.25) is 19.6 Å². The van der Waals surface area contributed by atoms with Gasteiger partial charge < -0.3 is 10.2 Å². The maximum absolute atomic E-state index is 12.9. The van der Waals surface area contributed by atoms with Crippen molar-refractivity contribution in [2.45, 2.75) is 31.6 Å². The van der Waals surface area contributed by atoms with Crippen molar-refractivity contribution in [3.8, 4) is 11.1 Å². The van der Waals surface area contributed by atoms with Crippen LogP contribution in [0.1, 0.15) is 52.2 Å². The highest BCUT2D eigenvalue weighted by Gasteiger charge is 2.20. The van der Waals surface area contributed by atoms with Crippen LogP contribution in [0.5, 0.6) is 0 Å². The van der Waals surface area contributed by atoms with Crippen LogP contribution in [0.3, 0.4) is 0 Å². The number of amides is 2. The molecule has 2 aromatic heterocycles. The molecule has 1 aliphatic heterocycles. The molecule has 0 radical (unpaired) electrons. The molecule has 2 aromatic carbocycles. The number of benzene rings is 2. The minimum Gasteiger partial charge on any atom is -0.352 e. The molecule has 0 bridgehead atoms. The third-order valence-corrected chi connectivity index (χ3v) is 7.11. The van der Waals surface area contributed by atoms with Gasteiger partial charge in [-0.1, -0.05) is 48.5 Å². The number of pyridine rings is 2. The second kappa shape index (κ2) is 12.3. The molecule has 5 rings (SSSR count). The number of rotatable bonds is 10. The lowest BCUT2D eigenvalue weighted by Gasteiger charge is -2.20. The topological polar surface area (TPSA) is 75.2 Å². The third-order valence-electron chi connectivity index (χ3n) is 7.11. The van der Waals surface area contributed by atoms with Gasteiger partial charge in [-0.2, -0.15) is 0 Å². The van der Waals surface area contributed by atoms with Crippen molar-refractivity contribution in [2.75, 3.05) is 19.6 Å². The first-order valence-electron chi connectivity index (χ1n) is 13.2. The van der Waals surface area contributed by atoms with Crippen LogP contribution >= 0.6 is 0 Å². The molecule has 1 aliphatic rings. The van der Waals surface area contributed by atoms with Gasteiger partial charge in [-0.25, -0.2) is 0 Å². The number of carbonyl (C=O) groups excluding carboxylic acids is 2. The Morgan fingerprint density at radius 2 is 1.68 bits per heavy atom. The average molecular weight is 505 g/mol. The first-order chi connectivity index (χ1) is 18.7. The maximum atomic E-state index is 12.9. The molecule has 38 heavy (non-hydrogen) atoms. The van der Waals surface area contributed by atoms with Crippen molar-refractivity contribution < 1.29 is 9.59 Å². The lowest BCUT2D eigenvalue weighted by Crippen LogP contribution is -2.30. The molecular formula is C32H32N4O2. The van der Waals surface area contributed by atoms with Gasteiger partial charge in [-0.05, 0) is 71.3 Å². The first kappa shape index (κ1) is 25.3. The van der Waals surface area contributed by atoms with Crippen molar-refractivity contribution in [1.82, 2.24) is 20.2 Å². The van der Waals surface area contributed by atoms with E-state index in [1.165, 1.54) is 5.56 Å². The van der Waals surface area contributed by atoms with Crippen LogP contribution in [-0.4, -0.2) is 46.3 Å². The molecule has 192 valence electrons. The second-order valence-electron chi connectivity index (χ2n) is 9.66. The quantitative estimate of drug-likeness (QED) is 0.299. The Morgan fingerprint density at radius 3 is 2.37 bits per heavy atom. The average Bonchev–Trinajstić information content (AvgIpc) is 3.39. The van der Waals surface area contributed by atoms with Crippen LogP contribution < -0.4 is 5.32 Å². The molecule has 2 amide bonds. The monoisotopic (exact) mass is 504 g/mol. The number of hydrogen-bond acceptors (Lipinski definition) is 4. The van der Waals surface area contributed by atoms with Gasteiger partial charge in [0, 0.05) is 62.3 Å². The Labute approximate surface area is 223 Å². The third kappa shape index (κ3) is 6.14. The Balaban J connectivity index is 1.32. The summed E-state index contributed by atoms with van der Waals surface area (Å²) in [7, 11) is 0. The Bertz CT molecular complexity index is 1340. The molecule has 0 atom stereocenters. The second-order valence-corrected chi connectivity index (χ2v) is 9.66. The van der Waals surface area contributed by atoms with E-state index in [0.29, 0.717) is 25.1 Å². The van der Waals surface area contributed by atoms with Crippen molar-refractivity contribution in [2.24, 2.45) is 0 Å². The maximum Gasteiger partial charge on any atom is 0.251 e. The molecule has 1 fully saturated rings. The Morgan fingerprint density at radius 1 is 0.921 bits per heavy atom. The van der Waals surface area contributed by atoms with Gasteiger partial charge in [-0.15, -0.1) is 0 Å². The van der Waals surface area contributed by atoms with Crippen LogP contribution in [-0.2, 0) is 11.2 Å². The highest BCUT2D eigenvalue weighted by Crippen LogP contribution is 2.32. The van der Waals surface area contributed by atoms with Gasteiger partial charge in [0.2, 0.25) is 5.91 Å². The summed E-state index contributed by atoms with van der Waals surface area (Å²) in [6.07, 6.45) is 10.5. The molecule has 6 heteroatoms. The minimum absolute atomic E-state index is 0.0966. The molecular weight excluding hydrogens is 472 g/mol. The van der Waals surface area contributed by atoms with Crippen LogP contribution in [0.4, 0.5) is 0 Å². The zero-order chi connectivity index (χ0) is 26.2. The zero-order valence-electron chi connectivity index (χ0n) is 21.4. The van der Waals surface area contributed by atoms with Gasteiger partial charge in [0.15, 0.2) is 0 Å². The smallest absolute Gasteiger partial charge is 0.251 e. The number of nitrogens with one attached hydrogen (secondary N) is 1. The standard InChI is InChI=1S/C32H32N4O2/c37-31-14-6-18-36(31)19-7-17-35-32(38)26-10-3-9-24(20-26)29-13-2-1-8-25(29)21-30(27-11-4-15-33-22-27)28-12-5-16-34-23-28/h1-5,8-13,15-16,20,22-23,30H,6-7,14,17-19,21H2,(H,35,38). The number of hydrogen-bond donors (Lipinski definition) is 1. The van der Waals surface area contributed by atoms with Crippen molar-refractivity contribution in [3.63, 3.8) is 0 Å². The summed E-state index contributed by atoms with van der Waals surface area (Å²) >= 11 is 0. The predicted octanol–water partition coefficient (Wildman–Crippen LogP) is 5.26. The van der Waals surface area contributed by atoms with Crippen LogP contribution in [0, 0.1) is 0 Å². The predicted molar refractivity (Wildman–Crippen MR) is 149 cm³/mol. The molecule has 4 aromatic rings. The van der Waals surface area contributed by atoms with Crippen molar-refractivity contribution in [3.05, 3.63) is 120 Å². The van der Waals surface area contributed by atoms with Gasteiger partial charge >= 0.3 is 0 Å². The van der Waals surface area contributed by atoms with E-state index in [1.54, 1.807) is 12.4 Å². The van der Waals surface area contributed by atoms with E-state index in [1.807, 2.05) is 53.7 Å². The fourth-order valence-corrected chi connectivity index (χ4v) is 5.13. The Hall–Kier alpha value is -4.32. The van der Waals surface area contributed by atoms with Crippen LogP contribution in [0.2, 0.25) is 0 Å². The van der Waals surface area contributed by atoms with Gasteiger partial charge in [0.1, 0.15) is 0 Å². The fourth-order valence-electron chi connectivity index (χ4n) is 5.13. The summed E-state index contributed by atoms with van der Waals surface area (Å²) in [6, 6.07) is 24.3. The van der Waals surface area contributed by atoms with E-state index in [2.05, 4.69) is 51.7 Å². The van der Waals surface area contributed by atoms with E-state index in [9.17, 15) is 9.59 Å². The molecule has 0 spiro atoms. The SMILES string of the molecule is O=C(NCCCN1CCCC1=O)c1cccc(-c2ccccc2CC(c2cccnc2)c2cccnc2)c1. The Kier molecular flexibility index (Phi) is 8.19. The largest absolute Gasteiger partial charge is 0.352 e. The summed E-state index contributed by atoms with van der Waals surface area (Å²) in [5.74, 6) is 0.227. The van der Waals surface area contributed by atoms with Gasteiger partial charge in [0.25, 0.3) is 5.91 Å². The van der Waals surface area contributed by atoms with E-state index < -0.39 is 0 Å². The highest BCUT2D eigenvalue weighted by atomic mass is 16.2. The first-order valence-corrected chi connectivity index (χ1v) is 13.2. The van der Waals surface area contributed by atoms with Crippen molar-refractivity contribution in [1.29, 1.82) is 0 Å².